The summed E-state index contributed by atoms with van der Waals surface area (Å²) in [5.41, 5.74) is 4.85. The van der Waals surface area contributed by atoms with E-state index in [-0.39, 0.29) is 11.5 Å². The molecule has 0 radical (unpaired) electrons. The number of carbonyl (C=O) groups excluding carboxylic acids is 1. The quantitative estimate of drug-likeness (QED) is 0.313. The molecule has 0 bridgehead atoms. The lowest BCUT2D eigenvalue weighted by Gasteiger charge is -2.26. The van der Waals surface area contributed by atoms with E-state index < -0.39 is 6.04 Å². The standard InChI is InChI=1S/C32H28N4O4S/c1-18-24(22-12-8-9-13-25(22)33-18)17-27-31(38)36-29(23-15-14-21(39-3)16-26(23)40-4)28(19(2)34-32(36)41-27)30(37)35-20-10-6-5-7-11-20/h5-17,29,33H,1-4H3,(H,35,37)/b27-17-/t29-/m1/s1. The van der Waals surface area contributed by atoms with Crippen molar-refractivity contribution in [1.29, 1.82) is 0 Å². The van der Waals surface area contributed by atoms with Crippen LogP contribution in [0.1, 0.15) is 29.8 Å². The summed E-state index contributed by atoms with van der Waals surface area (Å²) in [6.07, 6.45) is 1.91. The summed E-state index contributed by atoms with van der Waals surface area (Å²) >= 11 is 1.30. The fraction of sp³-hybridized carbons (Fsp3) is 0.156. The Morgan fingerprint density at radius 2 is 1.78 bits per heavy atom. The van der Waals surface area contributed by atoms with Crippen molar-refractivity contribution in [3.63, 3.8) is 0 Å². The maximum Gasteiger partial charge on any atom is 0.271 e. The summed E-state index contributed by atoms with van der Waals surface area (Å²) in [6.45, 7) is 3.79. The molecular formula is C32H28N4O4S. The van der Waals surface area contributed by atoms with Gasteiger partial charge in [0, 0.05) is 39.5 Å². The van der Waals surface area contributed by atoms with Crippen LogP contribution in [-0.4, -0.2) is 29.7 Å². The van der Waals surface area contributed by atoms with E-state index in [4.69, 9.17) is 14.5 Å². The molecule has 6 rings (SSSR count). The van der Waals surface area contributed by atoms with Crippen molar-refractivity contribution >= 4 is 39.9 Å². The van der Waals surface area contributed by atoms with Gasteiger partial charge >= 0.3 is 0 Å². The van der Waals surface area contributed by atoms with Gasteiger partial charge in [0.2, 0.25) is 0 Å². The Balaban J connectivity index is 1.57. The number of anilines is 1. The van der Waals surface area contributed by atoms with Gasteiger partial charge in [-0.3, -0.25) is 14.2 Å². The Bertz CT molecular complexity index is 2020. The Morgan fingerprint density at radius 3 is 2.54 bits per heavy atom. The Labute approximate surface area is 239 Å². The van der Waals surface area contributed by atoms with Crippen LogP contribution in [0, 0.1) is 6.92 Å². The Morgan fingerprint density at radius 1 is 1.02 bits per heavy atom. The number of rotatable bonds is 6. The van der Waals surface area contributed by atoms with Gasteiger partial charge in [0.1, 0.15) is 17.5 Å². The van der Waals surface area contributed by atoms with E-state index in [1.807, 2.05) is 73.7 Å². The molecule has 2 N–H and O–H groups in total. The fourth-order valence-electron chi connectivity index (χ4n) is 5.29. The number of fused-ring (bicyclic) bond motifs is 2. The number of allylic oxidation sites excluding steroid dienone is 1. The molecule has 2 aromatic heterocycles. The van der Waals surface area contributed by atoms with E-state index >= 15 is 0 Å². The monoisotopic (exact) mass is 564 g/mol. The lowest BCUT2D eigenvalue weighted by molar-refractivity contribution is -0.113. The van der Waals surface area contributed by atoms with Crippen LogP contribution in [0.25, 0.3) is 17.0 Å². The van der Waals surface area contributed by atoms with E-state index in [0.29, 0.717) is 43.4 Å². The lowest BCUT2D eigenvalue weighted by atomic mass is 9.94. The highest BCUT2D eigenvalue weighted by Crippen LogP contribution is 2.37. The van der Waals surface area contributed by atoms with Crippen LogP contribution >= 0.6 is 11.3 Å². The van der Waals surface area contributed by atoms with Crippen LogP contribution in [0.4, 0.5) is 5.69 Å². The number of thiazole rings is 1. The maximum absolute atomic E-state index is 14.2. The van der Waals surface area contributed by atoms with Crippen LogP contribution in [0.3, 0.4) is 0 Å². The number of aryl methyl sites for hydroxylation is 1. The number of aromatic amines is 1. The van der Waals surface area contributed by atoms with Crippen molar-refractivity contribution in [2.75, 3.05) is 19.5 Å². The molecule has 0 saturated heterocycles. The van der Waals surface area contributed by atoms with Crippen LogP contribution < -0.4 is 29.7 Å². The second-order valence-electron chi connectivity index (χ2n) is 9.72. The molecule has 1 aliphatic rings. The smallest absolute Gasteiger partial charge is 0.271 e. The van der Waals surface area contributed by atoms with Gasteiger partial charge < -0.3 is 19.8 Å². The highest BCUT2D eigenvalue weighted by molar-refractivity contribution is 7.07. The van der Waals surface area contributed by atoms with E-state index in [2.05, 4.69) is 10.3 Å². The predicted octanol–water partition coefficient (Wildman–Crippen LogP) is 4.68. The number of nitrogens with zero attached hydrogens (tertiary/aromatic N) is 2. The second-order valence-corrected chi connectivity index (χ2v) is 10.7. The normalized spacial score (nSPS) is 15.0. The van der Waals surface area contributed by atoms with Gasteiger partial charge in [0.05, 0.1) is 30.0 Å². The second kappa shape index (κ2) is 10.6. The van der Waals surface area contributed by atoms with Crippen molar-refractivity contribution in [2.24, 2.45) is 4.99 Å². The summed E-state index contributed by atoms with van der Waals surface area (Å²) in [5, 5.41) is 4.01. The van der Waals surface area contributed by atoms with Crippen molar-refractivity contribution in [1.82, 2.24) is 9.55 Å². The number of H-pyrrole nitrogens is 1. The van der Waals surface area contributed by atoms with Gasteiger partial charge in [-0.1, -0.05) is 47.7 Å². The molecule has 3 aromatic carbocycles. The van der Waals surface area contributed by atoms with Crippen molar-refractivity contribution < 1.29 is 14.3 Å². The molecule has 1 aliphatic heterocycles. The molecule has 1 amide bonds. The van der Waals surface area contributed by atoms with Gasteiger partial charge in [-0.2, -0.15) is 0 Å². The van der Waals surface area contributed by atoms with Gasteiger partial charge in [-0.15, -0.1) is 0 Å². The molecule has 3 heterocycles. The molecular weight excluding hydrogens is 536 g/mol. The molecule has 9 heteroatoms. The minimum Gasteiger partial charge on any atom is -0.497 e. The first-order chi connectivity index (χ1) is 19.9. The molecule has 41 heavy (non-hydrogen) atoms. The topological polar surface area (TPSA) is 97.7 Å². The zero-order chi connectivity index (χ0) is 28.7. The molecule has 206 valence electrons. The molecule has 0 unspecified atom stereocenters. The summed E-state index contributed by atoms with van der Waals surface area (Å²) in [5.74, 6) is 0.752. The summed E-state index contributed by atoms with van der Waals surface area (Å²) in [6, 6.07) is 21.8. The minimum absolute atomic E-state index is 0.237. The van der Waals surface area contributed by atoms with Gasteiger partial charge in [0.15, 0.2) is 4.80 Å². The minimum atomic E-state index is -0.776. The van der Waals surface area contributed by atoms with Crippen LogP contribution in [0.5, 0.6) is 11.5 Å². The molecule has 0 fully saturated rings. The van der Waals surface area contributed by atoms with Crippen molar-refractivity contribution in [2.45, 2.75) is 19.9 Å². The molecule has 0 saturated carbocycles. The number of nitrogens with one attached hydrogen (secondary N) is 2. The largest absolute Gasteiger partial charge is 0.497 e. The Kier molecular flexibility index (Phi) is 6.80. The first kappa shape index (κ1) is 26.3. The van der Waals surface area contributed by atoms with Gasteiger partial charge in [-0.25, -0.2) is 4.99 Å². The van der Waals surface area contributed by atoms with E-state index in [9.17, 15) is 9.59 Å². The third-order valence-electron chi connectivity index (χ3n) is 7.25. The van der Waals surface area contributed by atoms with Gasteiger partial charge in [-0.05, 0) is 50.3 Å². The maximum atomic E-state index is 14.2. The molecule has 1 atom stereocenters. The van der Waals surface area contributed by atoms with Crippen molar-refractivity contribution in [3.05, 3.63) is 121 Å². The molecule has 0 spiro atoms. The first-order valence-electron chi connectivity index (χ1n) is 13.1. The third kappa shape index (κ3) is 4.64. The number of aromatic nitrogens is 2. The van der Waals surface area contributed by atoms with Gasteiger partial charge in [0.25, 0.3) is 11.5 Å². The predicted molar refractivity (Wildman–Crippen MR) is 161 cm³/mol. The average molecular weight is 565 g/mol. The van der Waals surface area contributed by atoms with Crippen LogP contribution in [0.15, 0.2) is 93.9 Å². The fourth-order valence-corrected chi connectivity index (χ4v) is 6.31. The summed E-state index contributed by atoms with van der Waals surface area (Å²) in [7, 11) is 3.13. The SMILES string of the molecule is COc1ccc([C@@H]2C(C(=O)Nc3ccccc3)=C(C)N=c3s/c(=C\c4c(C)[nH]c5ccccc45)c(=O)n32)c(OC)c1. The number of ether oxygens (including phenoxy) is 2. The number of benzene rings is 3. The zero-order valence-electron chi connectivity index (χ0n) is 23.0. The van der Waals surface area contributed by atoms with E-state index in [1.165, 1.54) is 11.3 Å². The number of hydrogen-bond acceptors (Lipinski definition) is 6. The van der Waals surface area contributed by atoms with Crippen molar-refractivity contribution in [3.8, 4) is 11.5 Å². The van der Waals surface area contributed by atoms with E-state index in [0.717, 1.165) is 22.2 Å². The first-order valence-corrected chi connectivity index (χ1v) is 13.9. The summed E-state index contributed by atoms with van der Waals surface area (Å²) in [4.78, 5) is 36.7. The van der Waals surface area contributed by atoms with Crippen LogP contribution in [0.2, 0.25) is 0 Å². The summed E-state index contributed by atoms with van der Waals surface area (Å²) < 4.78 is 13.3. The lowest BCUT2D eigenvalue weighted by Crippen LogP contribution is -2.40. The Hall–Kier alpha value is -4.89. The average Bonchev–Trinajstić information content (AvgIpc) is 3.47. The molecule has 5 aromatic rings. The highest BCUT2D eigenvalue weighted by Gasteiger charge is 2.34. The van der Waals surface area contributed by atoms with Crippen LogP contribution in [-0.2, 0) is 4.79 Å². The highest BCUT2D eigenvalue weighted by atomic mass is 32.1. The number of amides is 1. The number of methoxy groups -OCH3 is 2. The number of hydrogen-bond donors (Lipinski definition) is 2. The third-order valence-corrected chi connectivity index (χ3v) is 8.23. The van der Waals surface area contributed by atoms with E-state index in [1.54, 1.807) is 37.8 Å². The number of para-hydroxylation sites is 2. The molecule has 8 nitrogen and oxygen atoms in total. The molecule has 0 aliphatic carbocycles. The number of carbonyl (C=O) groups is 1. The zero-order valence-corrected chi connectivity index (χ0v) is 23.8.